The van der Waals surface area contributed by atoms with Gasteiger partial charge in [-0.15, -0.1) is 6.58 Å². The smallest absolute Gasteiger partial charge is 0.305 e. The van der Waals surface area contributed by atoms with Crippen LogP contribution >= 0.6 is 11.8 Å². The zero-order valence-electron chi connectivity index (χ0n) is 7.30. The zero-order valence-corrected chi connectivity index (χ0v) is 8.12. The van der Waals surface area contributed by atoms with Crippen molar-refractivity contribution in [2.45, 2.75) is 11.7 Å². The van der Waals surface area contributed by atoms with Gasteiger partial charge in [-0.2, -0.15) is 0 Å². The monoisotopic (exact) mass is 215 g/mol. The Morgan fingerprint density at radius 1 is 1.64 bits per heavy atom. The van der Waals surface area contributed by atoms with Crippen LogP contribution in [-0.4, -0.2) is 38.9 Å². The van der Waals surface area contributed by atoms with Crippen LogP contribution in [0, 0.1) is 0 Å². The van der Waals surface area contributed by atoms with Gasteiger partial charge in [-0.25, -0.2) is 0 Å². The fourth-order valence-corrected chi connectivity index (χ4v) is 2.07. The van der Waals surface area contributed by atoms with Crippen molar-refractivity contribution in [3.05, 3.63) is 12.7 Å². The molecule has 0 aromatic heterocycles. The summed E-state index contributed by atoms with van der Waals surface area (Å²) in [7, 11) is 0. The lowest BCUT2D eigenvalue weighted by Crippen LogP contribution is -2.32. The maximum absolute atomic E-state index is 11.4. The van der Waals surface area contributed by atoms with E-state index in [1.165, 1.54) is 6.08 Å². The van der Waals surface area contributed by atoms with E-state index in [2.05, 4.69) is 6.58 Å². The molecule has 0 spiro atoms. The minimum atomic E-state index is -1.08. The number of hydrogen-bond donors (Lipinski definition) is 1. The highest BCUT2D eigenvalue weighted by atomic mass is 32.2. The van der Waals surface area contributed by atoms with Crippen molar-refractivity contribution in [1.29, 1.82) is 0 Å². The molecule has 1 N–H and O–H groups in total. The molecule has 1 heterocycles. The SMILES string of the molecule is C=CCN1C(=O)S[C@@H](CC(=O)O)C1=O. The predicted molar refractivity (Wildman–Crippen MR) is 50.9 cm³/mol. The lowest BCUT2D eigenvalue weighted by atomic mass is 10.3. The quantitative estimate of drug-likeness (QED) is 0.699. The van der Waals surface area contributed by atoms with Gasteiger partial charge in [0, 0.05) is 6.54 Å². The molecule has 76 valence electrons. The summed E-state index contributed by atoms with van der Waals surface area (Å²) in [5.74, 6) is -1.52. The molecule has 0 aromatic rings. The maximum Gasteiger partial charge on any atom is 0.305 e. The molecule has 1 rings (SSSR count). The molecule has 6 heteroatoms. The third-order valence-corrected chi connectivity index (χ3v) is 2.75. The Morgan fingerprint density at radius 3 is 2.79 bits per heavy atom. The van der Waals surface area contributed by atoms with E-state index < -0.39 is 22.4 Å². The van der Waals surface area contributed by atoms with Gasteiger partial charge in [0.2, 0.25) is 5.91 Å². The molecule has 0 saturated carbocycles. The molecule has 0 unspecified atom stereocenters. The number of carbonyl (C=O) groups is 3. The fourth-order valence-electron chi connectivity index (χ4n) is 1.08. The van der Waals surface area contributed by atoms with Crippen LogP contribution in [0.15, 0.2) is 12.7 Å². The Balaban J connectivity index is 2.68. The number of carboxylic acids is 1. The van der Waals surface area contributed by atoms with Gasteiger partial charge in [0.05, 0.1) is 6.42 Å². The number of amides is 2. The van der Waals surface area contributed by atoms with Crippen molar-refractivity contribution >= 4 is 28.9 Å². The number of carboxylic acid groups (broad SMARTS) is 1. The molecule has 0 bridgehead atoms. The highest BCUT2D eigenvalue weighted by Crippen LogP contribution is 2.28. The molecule has 1 aliphatic rings. The standard InChI is InChI=1S/C8H9NO4S/c1-2-3-9-7(12)5(4-6(10)11)14-8(9)13/h2,5H,1,3-4H2,(H,10,11)/t5-/m0/s1. The van der Waals surface area contributed by atoms with Crippen LogP contribution in [0.5, 0.6) is 0 Å². The summed E-state index contributed by atoms with van der Waals surface area (Å²) < 4.78 is 0. The second kappa shape index (κ2) is 4.28. The van der Waals surface area contributed by atoms with Crippen LogP contribution in [0.25, 0.3) is 0 Å². The van der Waals surface area contributed by atoms with E-state index in [0.29, 0.717) is 0 Å². The molecular weight excluding hydrogens is 206 g/mol. The molecule has 1 aliphatic heterocycles. The molecule has 0 aliphatic carbocycles. The van der Waals surface area contributed by atoms with Crippen molar-refractivity contribution in [2.24, 2.45) is 0 Å². The van der Waals surface area contributed by atoms with E-state index in [0.717, 1.165) is 16.7 Å². The summed E-state index contributed by atoms with van der Waals surface area (Å²) in [5, 5.41) is 7.30. The highest BCUT2D eigenvalue weighted by Gasteiger charge is 2.39. The number of nitrogens with zero attached hydrogens (tertiary/aromatic N) is 1. The van der Waals surface area contributed by atoms with E-state index in [1.54, 1.807) is 0 Å². The van der Waals surface area contributed by atoms with E-state index >= 15 is 0 Å². The summed E-state index contributed by atoms with van der Waals surface area (Å²) in [5.41, 5.74) is 0. The summed E-state index contributed by atoms with van der Waals surface area (Å²) in [4.78, 5) is 34.0. The Kier molecular flexibility index (Phi) is 3.29. The van der Waals surface area contributed by atoms with Gasteiger partial charge >= 0.3 is 5.97 Å². The summed E-state index contributed by atoms with van der Waals surface area (Å²) in [6.45, 7) is 3.55. The van der Waals surface area contributed by atoms with Gasteiger partial charge in [0.25, 0.3) is 5.24 Å². The average molecular weight is 215 g/mol. The number of hydrogen-bond acceptors (Lipinski definition) is 4. The normalized spacial score (nSPS) is 21.4. The third-order valence-electron chi connectivity index (χ3n) is 1.68. The molecule has 1 atom stereocenters. The molecule has 1 fully saturated rings. The topological polar surface area (TPSA) is 74.7 Å². The van der Waals surface area contributed by atoms with Crippen molar-refractivity contribution in [3.63, 3.8) is 0 Å². The first-order valence-corrected chi connectivity index (χ1v) is 4.79. The zero-order chi connectivity index (χ0) is 10.7. The summed E-state index contributed by atoms with van der Waals surface area (Å²) in [6, 6.07) is 0. The first-order chi connectivity index (χ1) is 6.56. The number of rotatable bonds is 4. The number of imide groups is 1. The minimum absolute atomic E-state index is 0.140. The van der Waals surface area contributed by atoms with Crippen molar-refractivity contribution in [2.75, 3.05) is 6.54 Å². The molecule has 1 saturated heterocycles. The Labute approximate surface area is 84.8 Å². The minimum Gasteiger partial charge on any atom is -0.481 e. The van der Waals surface area contributed by atoms with Gasteiger partial charge in [-0.1, -0.05) is 17.8 Å². The van der Waals surface area contributed by atoms with Gasteiger partial charge in [-0.3, -0.25) is 19.3 Å². The third kappa shape index (κ3) is 2.14. The van der Waals surface area contributed by atoms with Crippen LogP contribution in [0.1, 0.15) is 6.42 Å². The second-order valence-corrected chi connectivity index (χ2v) is 3.86. The first kappa shape index (κ1) is 10.8. The lowest BCUT2D eigenvalue weighted by Gasteiger charge is -2.09. The van der Waals surface area contributed by atoms with E-state index in [4.69, 9.17) is 5.11 Å². The van der Waals surface area contributed by atoms with Crippen molar-refractivity contribution < 1.29 is 19.5 Å². The molecule has 2 amide bonds. The van der Waals surface area contributed by atoms with Gasteiger partial charge < -0.3 is 5.11 Å². The van der Waals surface area contributed by atoms with Crippen LogP contribution in [0.2, 0.25) is 0 Å². The van der Waals surface area contributed by atoms with Crippen molar-refractivity contribution in [1.82, 2.24) is 4.90 Å². The van der Waals surface area contributed by atoms with Gasteiger partial charge in [-0.05, 0) is 0 Å². The first-order valence-electron chi connectivity index (χ1n) is 3.91. The van der Waals surface area contributed by atoms with Crippen molar-refractivity contribution in [3.8, 4) is 0 Å². The maximum atomic E-state index is 11.4. The lowest BCUT2D eigenvalue weighted by molar-refractivity contribution is -0.139. The Morgan fingerprint density at radius 2 is 2.29 bits per heavy atom. The molecular formula is C8H9NO4S. The molecule has 5 nitrogen and oxygen atoms in total. The molecule has 0 radical (unpaired) electrons. The largest absolute Gasteiger partial charge is 0.481 e. The average Bonchev–Trinajstić information content (AvgIpc) is 2.32. The van der Waals surface area contributed by atoms with Crippen LogP contribution in [-0.2, 0) is 9.59 Å². The van der Waals surface area contributed by atoms with Crippen LogP contribution in [0.3, 0.4) is 0 Å². The van der Waals surface area contributed by atoms with Gasteiger partial charge in [0.15, 0.2) is 0 Å². The van der Waals surface area contributed by atoms with Crippen LogP contribution < -0.4 is 0 Å². The Hall–Kier alpha value is -1.30. The summed E-state index contributed by atoms with van der Waals surface area (Å²) >= 11 is 0.759. The second-order valence-electron chi connectivity index (χ2n) is 2.71. The molecule has 14 heavy (non-hydrogen) atoms. The highest BCUT2D eigenvalue weighted by molar-refractivity contribution is 8.15. The number of thioether (sulfide) groups is 1. The fraction of sp³-hybridized carbons (Fsp3) is 0.375. The predicted octanol–water partition coefficient (Wildman–Crippen LogP) is 0.711. The van der Waals surface area contributed by atoms with Gasteiger partial charge in [0.1, 0.15) is 5.25 Å². The van der Waals surface area contributed by atoms with E-state index in [1.807, 2.05) is 0 Å². The number of carbonyl (C=O) groups excluding carboxylic acids is 2. The van der Waals surface area contributed by atoms with E-state index in [9.17, 15) is 14.4 Å². The molecule has 0 aromatic carbocycles. The van der Waals surface area contributed by atoms with E-state index in [-0.39, 0.29) is 13.0 Å². The number of aliphatic carboxylic acids is 1. The Bertz CT molecular complexity index is 302. The van der Waals surface area contributed by atoms with Crippen LogP contribution in [0.4, 0.5) is 4.79 Å². The summed E-state index contributed by atoms with van der Waals surface area (Å²) in [6.07, 6.45) is 1.11.